The molecule has 0 radical (unpaired) electrons. The lowest BCUT2D eigenvalue weighted by Gasteiger charge is -2.14. The Morgan fingerprint density at radius 3 is 2.75 bits per heavy atom. The molecule has 16 heavy (non-hydrogen) atoms. The van der Waals surface area contributed by atoms with Gasteiger partial charge in [0.1, 0.15) is 6.10 Å². The molecule has 1 heterocycles. The fourth-order valence-electron chi connectivity index (χ4n) is 1.23. The second kappa shape index (κ2) is 8.66. The van der Waals surface area contributed by atoms with Crippen LogP contribution >= 0.6 is 11.3 Å². The quantitative estimate of drug-likeness (QED) is 0.669. The molecule has 1 rings (SSSR count). The molecule has 0 aromatic carbocycles. The lowest BCUT2D eigenvalue weighted by Crippen LogP contribution is -2.17. The second-order valence-corrected chi connectivity index (χ2v) is 4.19. The maximum Gasteiger partial charge on any atom is 0.104 e. The monoisotopic (exact) mass is 245 g/mol. The third-order valence-corrected chi connectivity index (χ3v) is 3.02. The molecule has 4 nitrogen and oxygen atoms in total. The van der Waals surface area contributed by atoms with E-state index < -0.39 is 0 Å². The van der Waals surface area contributed by atoms with Crippen LogP contribution in [-0.2, 0) is 14.2 Å². The Bertz CT molecular complexity index is 254. The number of hydrogen-bond donors (Lipinski definition) is 1. The van der Waals surface area contributed by atoms with E-state index in [9.17, 15) is 0 Å². The predicted octanol–water partition coefficient (Wildman–Crippen LogP) is 1.43. The Morgan fingerprint density at radius 1 is 1.31 bits per heavy atom. The second-order valence-electron chi connectivity index (χ2n) is 3.22. The number of nitrogens with two attached hydrogens (primary N) is 1. The third-order valence-electron chi connectivity index (χ3n) is 2.05. The Hall–Kier alpha value is -0.460. The van der Waals surface area contributed by atoms with Crippen molar-refractivity contribution < 1.29 is 14.2 Å². The van der Waals surface area contributed by atoms with Gasteiger partial charge in [-0.3, -0.25) is 0 Å². The van der Waals surface area contributed by atoms with Crippen LogP contribution < -0.4 is 5.73 Å². The number of thiophene rings is 1. The normalized spacial score (nSPS) is 12.9. The van der Waals surface area contributed by atoms with Crippen LogP contribution in [0.3, 0.4) is 0 Å². The van der Waals surface area contributed by atoms with Crippen LogP contribution in [0.2, 0.25) is 0 Å². The molecule has 1 unspecified atom stereocenters. The number of hydrogen-bond acceptors (Lipinski definition) is 5. The highest BCUT2D eigenvalue weighted by Gasteiger charge is 2.10. The van der Waals surface area contributed by atoms with Crippen molar-refractivity contribution >= 4 is 11.3 Å². The van der Waals surface area contributed by atoms with Crippen LogP contribution in [0.15, 0.2) is 17.5 Å². The molecule has 0 saturated carbocycles. The molecule has 0 aliphatic heterocycles. The van der Waals surface area contributed by atoms with Gasteiger partial charge in [-0.2, -0.15) is 0 Å². The van der Waals surface area contributed by atoms with Crippen molar-refractivity contribution in [3.8, 4) is 0 Å². The molecule has 1 aromatic heterocycles. The summed E-state index contributed by atoms with van der Waals surface area (Å²) in [5, 5.41) is 2.02. The standard InChI is InChI=1S/C11H19NO3S/c1-13-4-5-14-6-7-15-10(9-12)11-3-2-8-16-11/h2-3,8,10H,4-7,9,12H2,1H3. The van der Waals surface area contributed by atoms with Crippen molar-refractivity contribution in [2.75, 3.05) is 40.1 Å². The van der Waals surface area contributed by atoms with Crippen molar-refractivity contribution in [2.24, 2.45) is 5.73 Å². The van der Waals surface area contributed by atoms with Gasteiger partial charge in [0, 0.05) is 18.5 Å². The zero-order valence-corrected chi connectivity index (χ0v) is 10.4. The fourth-order valence-corrected chi connectivity index (χ4v) is 2.02. The number of ether oxygens (including phenoxy) is 3. The molecule has 0 spiro atoms. The van der Waals surface area contributed by atoms with E-state index in [2.05, 4.69) is 0 Å². The van der Waals surface area contributed by atoms with Gasteiger partial charge in [0.25, 0.3) is 0 Å². The molecule has 0 aliphatic rings. The number of rotatable bonds is 9. The Morgan fingerprint density at radius 2 is 2.12 bits per heavy atom. The van der Waals surface area contributed by atoms with Gasteiger partial charge in [-0.25, -0.2) is 0 Å². The summed E-state index contributed by atoms with van der Waals surface area (Å²) in [7, 11) is 1.65. The van der Waals surface area contributed by atoms with Gasteiger partial charge in [0.2, 0.25) is 0 Å². The summed E-state index contributed by atoms with van der Waals surface area (Å²) in [5.74, 6) is 0. The summed E-state index contributed by atoms with van der Waals surface area (Å²) >= 11 is 1.66. The van der Waals surface area contributed by atoms with Gasteiger partial charge >= 0.3 is 0 Å². The van der Waals surface area contributed by atoms with E-state index in [1.807, 2.05) is 17.5 Å². The minimum Gasteiger partial charge on any atom is -0.382 e. The SMILES string of the molecule is COCCOCCOC(CN)c1cccs1. The van der Waals surface area contributed by atoms with Gasteiger partial charge in [0.15, 0.2) is 0 Å². The van der Waals surface area contributed by atoms with E-state index in [0.717, 1.165) is 0 Å². The first-order valence-corrected chi connectivity index (χ1v) is 6.18. The van der Waals surface area contributed by atoms with Gasteiger partial charge < -0.3 is 19.9 Å². The van der Waals surface area contributed by atoms with Crippen molar-refractivity contribution in [1.82, 2.24) is 0 Å². The summed E-state index contributed by atoms with van der Waals surface area (Å²) in [6, 6.07) is 4.04. The lowest BCUT2D eigenvalue weighted by atomic mass is 10.3. The molecule has 1 aromatic rings. The first-order chi connectivity index (χ1) is 7.88. The molecule has 2 N–H and O–H groups in total. The average molecular weight is 245 g/mol. The Labute approximate surface area is 100 Å². The molecule has 0 fully saturated rings. The smallest absolute Gasteiger partial charge is 0.104 e. The minimum atomic E-state index is -0.00831. The zero-order valence-electron chi connectivity index (χ0n) is 9.56. The van der Waals surface area contributed by atoms with Crippen LogP contribution in [0.4, 0.5) is 0 Å². The molecule has 0 saturated heterocycles. The summed E-state index contributed by atoms with van der Waals surface area (Å²) in [4.78, 5) is 1.17. The summed E-state index contributed by atoms with van der Waals surface area (Å²) in [6.45, 7) is 2.85. The molecule has 92 valence electrons. The highest BCUT2D eigenvalue weighted by Crippen LogP contribution is 2.20. The molecule has 1 atom stereocenters. The van der Waals surface area contributed by atoms with Crippen LogP contribution in [0.1, 0.15) is 11.0 Å². The van der Waals surface area contributed by atoms with Crippen molar-refractivity contribution in [2.45, 2.75) is 6.10 Å². The van der Waals surface area contributed by atoms with Crippen LogP contribution in [-0.4, -0.2) is 40.1 Å². The van der Waals surface area contributed by atoms with Crippen LogP contribution in [0, 0.1) is 0 Å². The first-order valence-electron chi connectivity index (χ1n) is 5.30. The molecular formula is C11H19NO3S. The van der Waals surface area contributed by atoms with Gasteiger partial charge in [-0.1, -0.05) is 6.07 Å². The topological polar surface area (TPSA) is 53.7 Å². The summed E-state index contributed by atoms with van der Waals surface area (Å²) in [6.07, 6.45) is -0.00831. The summed E-state index contributed by atoms with van der Waals surface area (Å²) < 4.78 is 15.8. The van der Waals surface area contributed by atoms with E-state index in [1.165, 1.54) is 4.88 Å². The lowest BCUT2D eigenvalue weighted by molar-refractivity contribution is -0.00312. The molecule has 0 amide bonds. The van der Waals surface area contributed by atoms with E-state index in [4.69, 9.17) is 19.9 Å². The maximum absolute atomic E-state index is 5.65. The Balaban J connectivity index is 2.11. The van der Waals surface area contributed by atoms with Gasteiger partial charge in [-0.05, 0) is 11.4 Å². The maximum atomic E-state index is 5.65. The van der Waals surface area contributed by atoms with E-state index in [1.54, 1.807) is 18.4 Å². The Kier molecular flexibility index (Phi) is 7.37. The van der Waals surface area contributed by atoms with Crippen molar-refractivity contribution in [1.29, 1.82) is 0 Å². The highest BCUT2D eigenvalue weighted by atomic mass is 32.1. The zero-order chi connectivity index (χ0) is 11.6. The molecular weight excluding hydrogens is 226 g/mol. The van der Waals surface area contributed by atoms with Gasteiger partial charge in [0.05, 0.1) is 26.4 Å². The third kappa shape index (κ3) is 5.05. The largest absolute Gasteiger partial charge is 0.382 e. The number of methoxy groups -OCH3 is 1. The van der Waals surface area contributed by atoms with Crippen molar-refractivity contribution in [3.63, 3.8) is 0 Å². The van der Waals surface area contributed by atoms with Crippen molar-refractivity contribution in [3.05, 3.63) is 22.4 Å². The van der Waals surface area contributed by atoms with Crippen LogP contribution in [0.5, 0.6) is 0 Å². The van der Waals surface area contributed by atoms with Crippen LogP contribution in [0.25, 0.3) is 0 Å². The van der Waals surface area contributed by atoms with E-state index in [-0.39, 0.29) is 6.10 Å². The molecule has 0 bridgehead atoms. The molecule has 5 heteroatoms. The van der Waals surface area contributed by atoms with E-state index in [0.29, 0.717) is 33.0 Å². The average Bonchev–Trinajstić information content (AvgIpc) is 2.82. The van der Waals surface area contributed by atoms with E-state index >= 15 is 0 Å². The fraction of sp³-hybridized carbons (Fsp3) is 0.636. The highest BCUT2D eigenvalue weighted by molar-refractivity contribution is 7.10. The predicted molar refractivity (Wildman–Crippen MR) is 64.8 cm³/mol. The first kappa shape index (κ1) is 13.6. The molecule has 0 aliphatic carbocycles. The minimum absolute atomic E-state index is 0.00831. The van der Waals surface area contributed by atoms with Gasteiger partial charge in [-0.15, -0.1) is 11.3 Å². The summed E-state index contributed by atoms with van der Waals surface area (Å²) in [5.41, 5.74) is 5.65.